The number of benzene rings is 1. The maximum Gasteiger partial charge on any atom is 0.267 e. The number of hydrogen-bond donors (Lipinski definition) is 4. The van der Waals surface area contributed by atoms with Crippen molar-refractivity contribution >= 4 is 22.5 Å². The largest absolute Gasteiger partial charge is 0.399 e. The number of H-pyrrole nitrogens is 1. The average molecular weight is 261 g/mol. The molecule has 2 rings (SSSR count). The monoisotopic (exact) mass is 261 g/mol. The number of aromatic amines is 1. The van der Waals surface area contributed by atoms with E-state index in [-0.39, 0.29) is 12.0 Å². The molecule has 0 aliphatic heterocycles. The molecule has 0 radical (unpaired) electrons. The number of amides is 1. The van der Waals surface area contributed by atoms with Gasteiger partial charge in [-0.15, -0.1) is 0 Å². The van der Waals surface area contributed by atoms with Crippen LogP contribution in [0.25, 0.3) is 10.9 Å². The summed E-state index contributed by atoms with van der Waals surface area (Å²) in [5.41, 5.74) is 7.76. The lowest BCUT2D eigenvalue weighted by molar-refractivity contribution is 0.0938. The van der Waals surface area contributed by atoms with Crippen molar-refractivity contribution < 1.29 is 9.90 Å². The van der Waals surface area contributed by atoms with Gasteiger partial charge in [0.1, 0.15) is 5.69 Å². The van der Waals surface area contributed by atoms with Gasteiger partial charge in [-0.1, -0.05) is 6.92 Å². The lowest BCUT2D eigenvalue weighted by atomic mass is 10.2. The smallest absolute Gasteiger partial charge is 0.267 e. The summed E-state index contributed by atoms with van der Waals surface area (Å²) in [6.07, 6.45) is 0.902. The van der Waals surface area contributed by atoms with E-state index >= 15 is 0 Å². The molecule has 0 saturated carbocycles. The quantitative estimate of drug-likeness (QED) is 0.617. The molecule has 2 aromatic rings. The van der Waals surface area contributed by atoms with Crippen LogP contribution in [0.3, 0.4) is 0 Å². The molecule has 0 aliphatic rings. The van der Waals surface area contributed by atoms with Gasteiger partial charge in [-0.05, 0) is 37.1 Å². The highest BCUT2D eigenvalue weighted by Gasteiger charge is 2.09. The number of fused-ring (bicyclic) bond motifs is 1. The van der Waals surface area contributed by atoms with E-state index in [9.17, 15) is 9.90 Å². The summed E-state index contributed by atoms with van der Waals surface area (Å²) in [5, 5.41) is 13.1. The van der Waals surface area contributed by atoms with Gasteiger partial charge in [-0.3, -0.25) is 4.79 Å². The molecule has 1 amide bonds. The van der Waals surface area contributed by atoms with E-state index in [1.807, 2.05) is 19.1 Å². The summed E-state index contributed by atoms with van der Waals surface area (Å²) in [7, 11) is 0. The molecule has 0 spiro atoms. The number of aliphatic hydroxyl groups excluding tert-OH is 1. The second-order valence-corrected chi connectivity index (χ2v) is 4.64. The van der Waals surface area contributed by atoms with Crippen molar-refractivity contribution in [2.45, 2.75) is 25.9 Å². The van der Waals surface area contributed by atoms with Crippen LogP contribution in [-0.2, 0) is 0 Å². The predicted molar refractivity (Wildman–Crippen MR) is 76.0 cm³/mol. The Hall–Kier alpha value is -2.01. The van der Waals surface area contributed by atoms with Crippen LogP contribution >= 0.6 is 0 Å². The zero-order chi connectivity index (χ0) is 13.8. The Balaban J connectivity index is 2.01. The first-order chi connectivity index (χ1) is 9.10. The standard InChI is InChI=1S/C14H19N3O2/c1-2-11(18)5-6-16-14(19)13-8-9-7-10(15)3-4-12(9)17-13/h3-4,7-8,11,17-18H,2,5-6,15H2,1H3,(H,16,19). The van der Waals surface area contributed by atoms with Crippen LogP contribution in [0, 0.1) is 0 Å². The summed E-state index contributed by atoms with van der Waals surface area (Å²) < 4.78 is 0. The Morgan fingerprint density at radius 2 is 2.26 bits per heavy atom. The van der Waals surface area contributed by atoms with Gasteiger partial charge in [0.2, 0.25) is 0 Å². The van der Waals surface area contributed by atoms with Crippen molar-refractivity contribution in [2.75, 3.05) is 12.3 Å². The Morgan fingerprint density at radius 3 is 3.00 bits per heavy atom. The number of aromatic nitrogens is 1. The maximum absolute atomic E-state index is 11.9. The summed E-state index contributed by atoms with van der Waals surface area (Å²) in [4.78, 5) is 15.0. The molecular formula is C14H19N3O2. The van der Waals surface area contributed by atoms with E-state index in [4.69, 9.17) is 5.73 Å². The summed E-state index contributed by atoms with van der Waals surface area (Å²) in [6.45, 7) is 2.37. The van der Waals surface area contributed by atoms with Gasteiger partial charge in [0.25, 0.3) is 5.91 Å². The minimum absolute atomic E-state index is 0.168. The summed E-state index contributed by atoms with van der Waals surface area (Å²) in [5.74, 6) is -0.168. The van der Waals surface area contributed by atoms with Crippen LogP contribution in [-0.4, -0.2) is 28.6 Å². The van der Waals surface area contributed by atoms with E-state index < -0.39 is 0 Å². The van der Waals surface area contributed by atoms with E-state index in [0.29, 0.717) is 30.8 Å². The number of carbonyl (C=O) groups is 1. The Labute approximate surface area is 111 Å². The highest BCUT2D eigenvalue weighted by molar-refractivity contribution is 5.98. The molecule has 0 aliphatic carbocycles. The maximum atomic E-state index is 11.9. The Morgan fingerprint density at radius 1 is 1.47 bits per heavy atom. The van der Waals surface area contributed by atoms with E-state index in [1.165, 1.54) is 0 Å². The first-order valence-corrected chi connectivity index (χ1v) is 6.44. The second-order valence-electron chi connectivity index (χ2n) is 4.64. The number of nitrogen functional groups attached to an aromatic ring is 1. The first-order valence-electron chi connectivity index (χ1n) is 6.44. The molecule has 1 heterocycles. The fourth-order valence-electron chi connectivity index (χ4n) is 1.93. The minimum atomic E-state index is -0.359. The summed E-state index contributed by atoms with van der Waals surface area (Å²) in [6, 6.07) is 7.24. The minimum Gasteiger partial charge on any atom is -0.399 e. The van der Waals surface area contributed by atoms with Crippen LogP contribution in [0.5, 0.6) is 0 Å². The third-order valence-corrected chi connectivity index (χ3v) is 3.12. The number of hydrogen-bond acceptors (Lipinski definition) is 3. The first kappa shape index (κ1) is 13.4. The molecule has 1 aromatic heterocycles. The topological polar surface area (TPSA) is 91.1 Å². The van der Waals surface area contributed by atoms with Crippen LogP contribution in [0.1, 0.15) is 30.3 Å². The molecule has 5 N–H and O–H groups in total. The van der Waals surface area contributed by atoms with Gasteiger partial charge in [0, 0.05) is 23.1 Å². The van der Waals surface area contributed by atoms with Gasteiger partial charge in [0.15, 0.2) is 0 Å². The van der Waals surface area contributed by atoms with Gasteiger partial charge in [0.05, 0.1) is 6.10 Å². The number of carbonyl (C=O) groups excluding carboxylic acids is 1. The number of rotatable bonds is 5. The molecule has 1 atom stereocenters. The third kappa shape index (κ3) is 3.26. The highest BCUT2D eigenvalue weighted by atomic mass is 16.3. The predicted octanol–water partition coefficient (Wildman–Crippen LogP) is 1.64. The second kappa shape index (κ2) is 5.75. The normalized spacial score (nSPS) is 12.5. The number of anilines is 1. The molecule has 19 heavy (non-hydrogen) atoms. The fraction of sp³-hybridized carbons (Fsp3) is 0.357. The van der Waals surface area contributed by atoms with Crippen LogP contribution < -0.4 is 11.1 Å². The van der Waals surface area contributed by atoms with Crippen molar-refractivity contribution in [3.8, 4) is 0 Å². The molecular weight excluding hydrogens is 242 g/mol. The third-order valence-electron chi connectivity index (χ3n) is 3.12. The zero-order valence-corrected chi connectivity index (χ0v) is 10.9. The van der Waals surface area contributed by atoms with Gasteiger partial charge in [-0.25, -0.2) is 0 Å². The molecule has 1 unspecified atom stereocenters. The summed E-state index contributed by atoms with van der Waals surface area (Å²) >= 11 is 0. The van der Waals surface area contributed by atoms with Gasteiger partial charge < -0.3 is 21.1 Å². The average Bonchev–Trinajstić information content (AvgIpc) is 2.81. The van der Waals surface area contributed by atoms with Crippen molar-refractivity contribution in [1.82, 2.24) is 10.3 Å². The van der Waals surface area contributed by atoms with Crippen molar-refractivity contribution in [1.29, 1.82) is 0 Å². The van der Waals surface area contributed by atoms with Crippen molar-refractivity contribution in [3.05, 3.63) is 30.0 Å². The molecule has 0 bridgehead atoms. The fourth-order valence-corrected chi connectivity index (χ4v) is 1.93. The van der Waals surface area contributed by atoms with E-state index in [0.717, 1.165) is 10.9 Å². The highest BCUT2D eigenvalue weighted by Crippen LogP contribution is 2.18. The van der Waals surface area contributed by atoms with Crippen LogP contribution in [0.15, 0.2) is 24.3 Å². The molecule has 1 aromatic carbocycles. The molecule has 0 saturated heterocycles. The molecule has 102 valence electrons. The zero-order valence-electron chi connectivity index (χ0n) is 10.9. The Kier molecular flexibility index (Phi) is 4.06. The SMILES string of the molecule is CCC(O)CCNC(=O)c1cc2cc(N)ccc2[nH]1. The number of aliphatic hydroxyl groups is 1. The van der Waals surface area contributed by atoms with E-state index in [1.54, 1.807) is 12.1 Å². The Bertz CT molecular complexity index is 577. The van der Waals surface area contributed by atoms with E-state index in [2.05, 4.69) is 10.3 Å². The van der Waals surface area contributed by atoms with Gasteiger partial charge >= 0.3 is 0 Å². The molecule has 0 fully saturated rings. The lowest BCUT2D eigenvalue weighted by Crippen LogP contribution is -2.27. The number of nitrogens with one attached hydrogen (secondary N) is 2. The van der Waals surface area contributed by atoms with Crippen molar-refractivity contribution in [3.63, 3.8) is 0 Å². The van der Waals surface area contributed by atoms with Crippen LogP contribution in [0.4, 0.5) is 5.69 Å². The number of nitrogens with two attached hydrogens (primary N) is 1. The van der Waals surface area contributed by atoms with Crippen LogP contribution in [0.2, 0.25) is 0 Å². The lowest BCUT2D eigenvalue weighted by Gasteiger charge is -2.07. The molecule has 5 heteroatoms. The van der Waals surface area contributed by atoms with Crippen molar-refractivity contribution in [2.24, 2.45) is 0 Å². The molecule has 5 nitrogen and oxygen atoms in total. The van der Waals surface area contributed by atoms with Gasteiger partial charge in [-0.2, -0.15) is 0 Å².